The van der Waals surface area contributed by atoms with Gasteiger partial charge in [0, 0.05) is 23.5 Å². The van der Waals surface area contributed by atoms with Crippen LogP contribution in [-0.4, -0.2) is 33.8 Å². The number of aliphatic hydroxyl groups is 1. The minimum Gasteiger partial charge on any atom is -0.478 e. The van der Waals surface area contributed by atoms with E-state index >= 15 is 0 Å². The van der Waals surface area contributed by atoms with Crippen LogP contribution in [-0.2, 0) is 0 Å². The fourth-order valence-corrected chi connectivity index (χ4v) is 1.90. The van der Waals surface area contributed by atoms with Crippen LogP contribution in [0.3, 0.4) is 0 Å². The Labute approximate surface area is 110 Å². The number of carboxylic acid groups (broad SMARTS) is 1. The molecule has 0 aliphatic carbocycles. The average molecular weight is 260 g/mol. The molecule has 0 aliphatic rings. The van der Waals surface area contributed by atoms with Crippen molar-refractivity contribution in [2.24, 2.45) is 0 Å². The Morgan fingerprint density at radius 1 is 1.37 bits per heavy atom. The number of aliphatic hydroxyl groups excluding tert-OH is 1. The molecule has 1 aromatic heterocycles. The first-order valence-corrected chi connectivity index (χ1v) is 6.12. The smallest absolute Gasteiger partial charge is 0.337 e. The first kappa shape index (κ1) is 13.3. The molecule has 0 spiro atoms. The van der Waals surface area contributed by atoms with Gasteiger partial charge in [-0.25, -0.2) is 9.78 Å². The molecule has 3 N–H and O–H groups in total. The Kier molecular flexibility index (Phi) is 3.97. The van der Waals surface area contributed by atoms with Crippen LogP contribution in [0.15, 0.2) is 30.5 Å². The molecule has 0 saturated carbocycles. The molecular formula is C14H16N2O3. The van der Waals surface area contributed by atoms with Crippen LogP contribution in [0.5, 0.6) is 0 Å². The van der Waals surface area contributed by atoms with Gasteiger partial charge in [0.25, 0.3) is 0 Å². The number of hydrogen-bond acceptors (Lipinski definition) is 4. The standard InChI is InChI=1S/C14H16N2O3/c1-9(17)6-7-15-13-11-5-3-2-4-10(11)12(8-16-13)14(18)19/h2-5,8-9,17H,6-7H2,1H3,(H,15,16)(H,18,19). The lowest BCUT2D eigenvalue weighted by atomic mass is 10.1. The zero-order valence-electron chi connectivity index (χ0n) is 10.6. The average Bonchev–Trinajstić information content (AvgIpc) is 2.38. The van der Waals surface area contributed by atoms with Crippen molar-refractivity contribution in [3.05, 3.63) is 36.0 Å². The van der Waals surface area contributed by atoms with Crippen LogP contribution in [0.2, 0.25) is 0 Å². The molecule has 0 radical (unpaired) electrons. The van der Waals surface area contributed by atoms with E-state index in [0.29, 0.717) is 24.2 Å². The maximum absolute atomic E-state index is 11.1. The van der Waals surface area contributed by atoms with E-state index in [2.05, 4.69) is 10.3 Å². The number of pyridine rings is 1. The fraction of sp³-hybridized carbons (Fsp3) is 0.286. The summed E-state index contributed by atoms with van der Waals surface area (Å²) in [5.41, 5.74) is 0.191. The first-order valence-electron chi connectivity index (χ1n) is 6.12. The van der Waals surface area contributed by atoms with Crippen LogP contribution < -0.4 is 5.32 Å². The lowest BCUT2D eigenvalue weighted by molar-refractivity contribution is 0.0698. The summed E-state index contributed by atoms with van der Waals surface area (Å²) in [6, 6.07) is 7.24. The number of aromatic nitrogens is 1. The van der Waals surface area contributed by atoms with Gasteiger partial charge in [-0.2, -0.15) is 0 Å². The number of carbonyl (C=O) groups is 1. The van der Waals surface area contributed by atoms with Crippen molar-refractivity contribution in [3.8, 4) is 0 Å². The molecule has 1 atom stereocenters. The summed E-state index contributed by atoms with van der Waals surface area (Å²) in [5.74, 6) is -0.347. The van der Waals surface area contributed by atoms with E-state index in [1.807, 2.05) is 12.1 Å². The fourth-order valence-electron chi connectivity index (χ4n) is 1.90. The summed E-state index contributed by atoms with van der Waals surface area (Å²) < 4.78 is 0. The second-order valence-corrected chi connectivity index (χ2v) is 4.44. The molecule has 0 aliphatic heterocycles. The molecule has 1 aromatic carbocycles. The van der Waals surface area contributed by atoms with Gasteiger partial charge in [-0.1, -0.05) is 24.3 Å². The van der Waals surface area contributed by atoms with Crippen molar-refractivity contribution in [3.63, 3.8) is 0 Å². The van der Waals surface area contributed by atoms with Gasteiger partial charge in [-0.3, -0.25) is 0 Å². The molecule has 2 rings (SSSR count). The van der Waals surface area contributed by atoms with Crippen molar-refractivity contribution in [2.75, 3.05) is 11.9 Å². The van der Waals surface area contributed by atoms with Crippen LogP contribution in [0.1, 0.15) is 23.7 Å². The Morgan fingerprint density at radius 2 is 2.05 bits per heavy atom. The molecule has 0 fully saturated rings. The lowest BCUT2D eigenvalue weighted by Gasteiger charge is -2.11. The molecule has 0 saturated heterocycles. The van der Waals surface area contributed by atoms with E-state index in [0.717, 1.165) is 5.39 Å². The molecule has 100 valence electrons. The number of nitrogens with zero attached hydrogens (tertiary/aromatic N) is 1. The number of rotatable bonds is 5. The third kappa shape index (κ3) is 3.00. The van der Waals surface area contributed by atoms with E-state index in [1.165, 1.54) is 6.20 Å². The number of benzene rings is 1. The highest BCUT2D eigenvalue weighted by Gasteiger charge is 2.11. The third-order valence-corrected chi connectivity index (χ3v) is 2.88. The van der Waals surface area contributed by atoms with E-state index < -0.39 is 5.97 Å². The second kappa shape index (κ2) is 5.67. The molecule has 5 heteroatoms. The Hall–Kier alpha value is -2.14. The van der Waals surface area contributed by atoms with Crippen LogP contribution >= 0.6 is 0 Å². The van der Waals surface area contributed by atoms with Crippen molar-refractivity contribution >= 4 is 22.6 Å². The molecule has 0 amide bonds. The third-order valence-electron chi connectivity index (χ3n) is 2.88. The first-order chi connectivity index (χ1) is 9.09. The molecular weight excluding hydrogens is 244 g/mol. The van der Waals surface area contributed by atoms with E-state index in [4.69, 9.17) is 5.11 Å². The largest absolute Gasteiger partial charge is 0.478 e. The van der Waals surface area contributed by atoms with Crippen molar-refractivity contribution in [1.29, 1.82) is 0 Å². The number of carboxylic acids is 1. The van der Waals surface area contributed by atoms with Crippen molar-refractivity contribution in [2.45, 2.75) is 19.4 Å². The van der Waals surface area contributed by atoms with Gasteiger partial charge >= 0.3 is 5.97 Å². The number of fused-ring (bicyclic) bond motifs is 1. The van der Waals surface area contributed by atoms with Gasteiger partial charge in [0.05, 0.1) is 11.7 Å². The minimum atomic E-state index is -0.987. The van der Waals surface area contributed by atoms with E-state index in [-0.39, 0.29) is 11.7 Å². The van der Waals surface area contributed by atoms with Gasteiger partial charge in [0.15, 0.2) is 0 Å². The van der Waals surface area contributed by atoms with Crippen LogP contribution in [0.4, 0.5) is 5.82 Å². The summed E-state index contributed by atoms with van der Waals surface area (Å²) in [4.78, 5) is 15.3. The molecule has 2 aromatic rings. The number of nitrogens with one attached hydrogen (secondary N) is 1. The van der Waals surface area contributed by atoms with Crippen LogP contribution in [0.25, 0.3) is 10.8 Å². The highest BCUT2D eigenvalue weighted by molar-refractivity contribution is 6.06. The number of aromatic carboxylic acids is 1. The minimum absolute atomic E-state index is 0.191. The predicted molar refractivity (Wildman–Crippen MR) is 73.5 cm³/mol. The molecule has 0 bridgehead atoms. The van der Waals surface area contributed by atoms with Gasteiger partial charge in [-0.15, -0.1) is 0 Å². The van der Waals surface area contributed by atoms with Gasteiger partial charge < -0.3 is 15.5 Å². The maximum Gasteiger partial charge on any atom is 0.337 e. The monoisotopic (exact) mass is 260 g/mol. The van der Waals surface area contributed by atoms with Gasteiger partial charge in [0.2, 0.25) is 0 Å². The summed E-state index contributed by atoms with van der Waals surface area (Å²) in [6.45, 7) is 2.31. The highest BCUT2D eigenvalue weighted by atomic mass is 16.4. The zero-order chi connectivity index (χ0) is 13.8. The van der Waals surface area contributed by atoms with E-state index in [9.17, 15) is 9.90 Å². The quantitative estimate of drug-likeness (QED) is 0.767. The zero-order valence-corrected chi connectivity index (χ0v) is 10.6. The normalized spacial score (nSPS) is 12.3. The van der Waals surface area contributed by atoms with Crippen molar-refractivity contribution in [1.82, 2.24) is 4.98 Å². The maximum atomic E-state index is 11.1. The Balaban J connectivity index is 2.36. The van der Waals surface area contributed by atoms with Gasteiger partial charge in [0.1, 0.15) is 5.82 Å². The number of anilines is 1. The second-order valence-electron chi connectivity index (χ2n) is 4.44. The summed E-state index contributed by atoms with van der Waals surface area (Å²) in [5, 5.41) is 22.9. The Bertz CT molecular complexity index is 596. The highest BCUT2D eigenvalue weighted by Crippen LogP contribution is 2.24. The lowest BCUT2D eigenvalue weighted by Crippen LogP contribution is -2.11. The summed E-state index contributed by atoms with van der Waals surface area (Å²) in [6.07, 6.45) is 1.59. The molecule has 1 heterocycles. The van der Waals surface area contributed by atoms with Gasteiger partial charge in [-0.05, 0) is 13.3 Å². The SMILES string of the molecule is CC(O)CCNc1ncc(C(=O)O)c2ccccc12. The Morgan fingerprint density at radius 3 is 2.68 bits per heavy atom. The molecule has 19 heavy (non-hydrogen) atoms. The van der Waals surface area contributed by atoms with Crippen LogP contribution in [0, 0.1) is 0 Å². The topological polar surface area (TPSA) is 82.5 Å². The predicted octanol–water partition coefficient (Wildman–Crippen LogP) is 2.12. The molecule has 5 nitrogen and oxygen atoms in total. The van der Waals surface area contributed by atoms with E-state index in [1.54, 1.807) is 19.1 Å². The number of hydrogen-bond donors (Lipinski definition) is 3. The molecule has 1 unspecified atom stereocenters. The summed E-state index contributed by atoms with van der Waals surface area (Å²) >= 11 is 0. The summed E-state index contributed by atoms with van der Waals surface area (Å²) in [7, 11) is 0. The van der Waals surface area contributed by atoms with Crippen molar-refractivity contribution < 1.29 is 15.0 Å².